The molecule has 178 valence electrons. The zero-order chi connectivity index (χ0) is 24.1. The number of benzene rings is 1. The molecule has 3 heterocycles. The first-order chi connectivity index (χ1) is 15.3. The Balaban J connectivity index is 1.64. The van der Waals surface area contributed by atoms with Gasteiger partial charge in [0.1, 0.15) is 5.60 Å². The van der Waals surface area contributed by atoms with Crippen molar-refractivity contribution in [3.8, 4) is 11.3 Å². The molecule has 0 bridgehead atoms. The molecule has 1 fully saturated rings. The molecule has 3 N–H and O–H groups in total. The van der Waals surface area contributed by atoms with Crippen molar-refractivity contribution in [3.63, 3.8) is 0 Å². The Kier molecular flexibility index (Phi) is 6.12. The maximum Gasteiger partial charge on any atom is 0.223 e. The molecular weight excluding hydrogens is 468 g/mol. The summed E-state index contributed by atoms with van der Waals surface area (Å²) < 4.78 is 26.4. The number of aryl methyl sites for hydroxylation is 1. The number of anilines is 1. The van der Waals surface area contributed by atoms with Crippen LogP contribution in [0.15, 0.2) is 24.4 Å². The number of β-amino-alcohol motifs (C(OH)–C–C–N with tert-alkyl or cyclic N) is 1. The maximum atomic E-state index is 11.7. The predicted octanol–water partition coefficient (Wildman–Crippen LogP) is 1.72. The number of piperidine rings is 1. The summed E-state index contributed by atoms with van der Waals surface area (Å²) in [5, 5.41) is 29.8. The molecule has 1 aliphatic heterocycles. The zero-order valence-electron chi connectivity index (χ0n) is 18.8. The van der Waals surface area contributed by atoms with Crippen LogP contribution in [0.1, 0.15) is 26.0 Å². The van der Waals surface area contributed by atoms with Crippen molar-refractivity contribution in [2.24, 2.45) is 7.05 Å². The molecule has 0 spiro atoms. The zero-order valence-corrected chi connectivity index (χ0v) is 20.4. The second kappa shape index (κ2) is 8.48. The Morgan fingerprint density at radius 2 is 2.03 bits per heavy atom. The van der Waals surface area contributed by atoms with Gasteiger partial charge in [0, 0.05) is 31.1 Å². The lowest BCUT2D eigenvalue weighted by Crippen LogP contribution is -2.51. The van der Waals surface area contributed by atoms with Crippen LogP contribution in [-0.2, 0) is 22.7 Å². The normalized spacial score (nSPS) is 20.3. The minimum Gasteiger partial charge on any atom is -0.390 e. The van der Waals surface area contributed by atoms with E-state index in [0.29, 0.717) is 29.4 Å². The van der Waals surface area contributed by atoms with Gasteiger partial charge in [0.15, 0.2) is 0 Å². The summed E-state index contributed by atoms with van der Waals surface area (Å²) in [5.41, 5.74) is 1.53. The topological polar surface area (TPSA) is 133 Å². The molecule has 0 radical (unpaired) electrons. The minimum absolute atomic E-state index is 0.00828. The highest BCUT2D eigenvalue weighted by Crippen LogP contribution is 2.33. The fourth-order valence-electron chi connectivity index (χ4n) is 4.25. The van der Waals surface area contributed by atoms with Gasteiger partial charge in [0.2, 0.25) is 16.0 Å². The van der Waals surface area contributed by atoms with Crippen molar-refractivity contribution in [2.45, 2.75) is 38.0 Å². The van der Waals surface area contributed by atoms with E-state index in [1.54, 1.807) is 25.6 Å². The third-order valence-electron chi connectivity index (χ3n) is 5.76. The van der Waals surface area contributed by atoms with Crippen molar-refractivity contribution in [1.82, 2.24) is 24.1 Å². The number of rotatable bonds is 5. The molecule has 33 heavy (non-hydrogen) atoms. The molecule has 10 nitrogen and oxygen atoms in total. The highest BCUT2D eigenvalue weighted by Gasteiger charge is 2.32. The number of aliphatic hydroxyl groups is 2. The number of hydrogen-bond donors (Lipinski definition) is 3. The van der Waals surface area contributed by atoms with Crippen molar-refractivity contribution in [1.29, 1.82) is 0 Å². The smallest absolute Gasteiger partial charge is 0.223 e. The standard InChI is InChI=1S/C21H27ClN6O4S/c1-21(2,30)19-13-9-12(5-6-15(13)26-27(19)3)18-14(22)10-23-20(25-18)24-16-7-8-28(11-17(16)29)33(4,31)32/h5-6,9-10,16-17,29-30H,7-8,11H2,1-4H3,(H,23,24,25)/t16-,17-/m1/s1. The van der Waals surface area contributed by atoms with Gasteiger partial charge in [-0.05, 0) is 32.4 Å². The lowest BCUT2D eigenvalue weighted by molar-refractivity contribution is 0.0711. The summed E-state index contributed by atoms with van der Waals surface area (Å²) in [6.45, 7) is 3.71. The highest BCUT2D eigenvalue weighted by molar-refractivity contribution is 7.88. The number of sulfonamides is 1. The average molecular weight is 495 g/mol. The van der Waals surface area contributed by atoms with E-state index in [4.69, 9.17) is 11.6 Å². The van der Waals surface area contributed by atoms with Crippen LogP contribution in [0.3, 0.4) is 0 Å². The summed E-state index contributed by atoms with van der Waals surface area (Å²) in [4.78, 5) is 8.79. The van der Waals surface area contributed by atoms with Gasteiger partial charge in [-0.15, -0.1) is 0 Å². The van der Waals surface area contributed by atoms with Crippen molar-refractivity contribution < 1.29 is 18.6 Å². The van der Waals surface area contributed by atoms with Gasteiger partial charge in [0.05, 0.1) is 46.5 Å². The molecule has 0 saturated carbocycles. The summed E-state index contributed by atoms with van der Waals surface area (Å²) in [5.74, 6) is 0.278. The maximum absolute atomic E-state index is 11.7. The van der Waals surface area contributed by atoms with Crippen LogP contribution in [0.4, 0.5) is 5.95 Å². The molecular formula is C21H27ClN6O4S. The van der Waals surface area contributed by atoms with E-state index in [2.05, 4.69) is 20.4 Å². The van der Waals surface area contributed by atoms with Crippen LogP contribution in [0.5, 0.6) is 0 Å². The molecule has 0 unspecified atom stereocenters. The Bertz CT molecular complexity index is 1300. The molecule has 3 aromatic rings. The molecule has 1 saturated heterocycles. The molecule has 0 aliphatic carbocycles. The van der Waals surface area contributed by atoms with E-state index in [1.807, 2.05) is 18.2 Å². The van der Waals surface area contributed by atoms with E-state index in [0.717, 1.165) is 22.7 Å². The van der Waals surface area contributed by atoms with E-state index in [-0.39, 0.29) is 12.5 Å². The third-order valence-corrected chi connectivity index (χ3v) is 7.30. The first-order valence-corrected chi connectivity index (χ1v) is 12.7. The first-order valence-electron chi connectivity index (χ1n) is 10.5. The van der Waals surface area contributed by atoms with E-state index in [9.17, 15) is 18.6 Å². The molecule has 12 heteroatoms. The Labute approximate surface area is 197 Å². The van der Waals surface area contributed by atoms with Crippen molar-refractivity contribution in [3.05, 3.63) is 35.1 Å². The van der Waals surface area contributed by atoms with E-state index < -0.39 is 27.8 Å². The van der Waals surface area contributed by atoms with Crippen LogP contribution in [0.25, 0.3) is 22.2 Å². The van der Waals surface area contributed by atoms with Gasteiger partial charge >= 0.3 is 0 Å². The fraction of sp³-hybridized carbons (Fsp3) is 0.476. The van der Waals surface area contributed by atoms with Crippen LogP contribution >= 0.6 is 11.6 Å². The lowest BCUT2D eigenvalue weighted by Gasteiger charge is -2.34. The van der Waals surface area contributed by atoms with Gasteiger partial charge in [0.25, 0.3) is 0 Å². The summed E-state index contributed by atoms with van der Waals surface area (Å²) >= 11 is 6.41. The number of aliphatic hydroxyl groups excluding tert-OH is 1. The van der Waals surface area contributed by atoms with Crippen LogP contribution < -0.4 is 5.32 Å². The fourth-order valence-corrected chi connectivity index (χ4v) is 5.31. The quantitative estimate of drug-likeness (QED) is 0.488. The number of hydrogen-bond acceptors (Lipinski definition) is 8. The number of nitrogens with one attached hydrogen (secondary N) is 1. The molecule has 2 atom stereocenters. The summed E-state index contributed by atoms with van der Waals surface area (Å²) in [6.07, 6.45) is 2.11. The van der Waals surface area contributed by atoms with Gasteiger partial charge in [-0.25, -0.2) is 18.4 Å². The molecule has 1 aromatic carbocycles. The van der Waals surface area contributed by atoms with Gasteiger partial charge in [-0.2, -0.15) is 9.40 Å². The number of fused-ring (bicyclic) bond motifs is 1. The second-order valence-electron chi connectivity index (χ2n) is 8.88. The van der Waals surface area contributed by atoms with E-state index in [1.165, 1.54) is 10.5 Å². The van der Waals surface area contributed by atoms with Gasteiger partial charge in [-0.1, -0.05) is 17.7 Å². The first kappa shape index (κ1) is 23.8. The van der Waals surface area contributed by atoms with Gasteiger partial charge < -0.3 is 15.5 Å². The SMILES string of the molecule is Cn1nc2ccc(-c3nc(N[C@@H]4CCN(S(C)(=O)=O)C[C@H]4O)ncc3Cl)cc2c1C(C)(C)O. The van der Waals surface area contributed by atoms with Crippen LogP contribution in [-0.4, -0.2) is 74.2 Å². The van der Waals surface area contributed by atoms with Crippen molar-refractivity contribution >= 4 is 38.5 Å². The summed E-state index contributed by atoms with van der Waals surface area (Å²) in [6, 6.07) is 5.17. The second-order valence-corrected chi connectivity index (χ2v) is 11.3. The summed E-state index contributed by atoms with van der Waals surface area (Å²) in [7, 11) is -1.58. The largest absolute Gasteiger partial charge is 0.390 e. The third kappa shape index (κ3) is 4.82. The van der Waals surface area contributed by atoms with E-state index >= 15 is 0 Å². The Morgan fingerprint density at radius 1 is 1.30 bits per heavy atom. The van der Waals surface area contributed by atoms with Crippen LogP contribution in [0.2, 0.25) is 5.02 Å². The van der Waals surface area contributed by atoms with Gasteiger partial charge in [-0.3, -0.25) is 4.68 Å². The monoisotopic (exact) mass is 494 g/mol. The predicted molar refractivity (Wildman–Crippen MR) is 126 cm³/mol. The number of halogens is 1. The number of nitrogens with zero attached hydrogens (tertiary/aromatic N) is 5. The molecule has 2 aromatic heterocycles. The Hall–Kier alpha value is -2.31. The average Bonchev–Trinajstić information content (AvgIpc) is 3.05. The molecule has 0 amide bonds. The minimum atomic E-state index is -3.36. The van der Waals surface area contributed by atoms with Crippen LogP contribution in [0, 0.1) is 0 Å². The Morgan fingerprint density at radius 3 is 2.67 bits per heavy atom. The molecule has 1 aliphatic rings. The number of aromatic nitrogens is 4. The van der Waals surface area contributed by atoms with Crippen molar-refractivity contribution in [2.75, 3.05) is 24.7 Å². The molecule has 4 rings (SSSR count). The highest BCUT2D eigenvalue weighted by atomic mass is 35.5. The lowest BCUT2D eigenvalue weighted by atomic mass is 9.99.